The fourth-order valence-electron chi connectivity index (χ4n) is 1.36. The van der Waals surface area contributed by atoms with Crippen molar-refractivity contribution in [3.63, 3.8) is 0 Å². The van der Waals surface area contributed by atoms with E-state index in [9.17, 15) is 18.0 Å². The average Bonchev–Trinajstić information content (AvgIpc) is 2.35. The smallest absolute Gasteiger partial charge is 0.321 e. The monoisotopic (exact) mass is 287 g/mol. The van der Waals surface area contributed by atoms with Crippen molar-refractivity contribution in [2.24, 2.45) is 0 Å². The second kappa shape index (κ2) is 6.30. The van der Waals surface area contributed by atoms with Crippen molar-refractivity contribution in [3.8, 4) is 0 Å². The minimum Gasteiger partial charge on any atom is -0.481 e. The molecule has 0 aliphatic heterocycles. The van der Waals surface area contributed by atoms with Crippen molar-refractivity contribution in [2.75, 3.05) is 0 Å². The number of rotatable bonds is 7. The van der Waals surface area contributed by atoms with Crippen LogP contribution in [-0.2, 0) is 19.6 Å². The Morgan fingerprint density at radius 2 is 1.74 bits per heavy atom. The molecule has 0 bridgehead atoms. The first-order chi connectivity index (χ1) is 8.83. The van der Waals surface area contributed by atoms with Gasteiger partial charge in [0.25, 0.3) is 0 Å². The van der Waals surface area contributed by atoms with Gasteiger partial charge >= 0.3 is 11.9 Å². The molecule has 1 aromatic rings. The van der Waals surface area contributed by atoms with Gasteiger partial charge in [0.15, 0.2) is 0 Å². The highest BCUT2D eigenvalue weighted by Crippen LogP contribution is 2.10. The van der Waals surface area contributed by atoms with Gasteiger partial charge in [-0.15, -0.1) is 0 Å². The van der Waals surface area contributed by atoms with E-state index in [1.807, 2.05) is 4.72 Å². The highest BCUT2D eigenvalue weighted by Gasteiger charge is 2.25. The normalized spacial score (nSPS) is 12.8. The maximum atomic E-state index is 11.9. The molecule has 1 aromatic carbocycles. The average molecular weight is 287 g/mol. The summed E-state index contributed by atoms with van der Waals surface area (Å²) in [6.07, 6.45) is -0.759. The van der Waals surface area contributed by atoms with Crippen LogP contribution in [0, 0.1) is 0 Å². The minimum absolute atomic E-state index is 0.0726. The first-order valence-electron chi connectivity index (χ1n) is 5.35. The zero-order valence-corrected chi connectivity index (χ0v) is 10.6. The molecule has 0 fully saturated rings. The molecule has 0 aromatic heterocycles. The van der Waals surface area contributed by atoms with Gasteiger partial charge < -0.3 is 10.2 Å². The van der Waals surface area contributed by atoms with Crippen LogP contribution in [0.2, 0.25) is 0 Å². The molecule has 3 N–H and O–H groups in total. The zero-order chi connectivity index (χ0) is 14.5. The SMILES string of the molecule is O=C(O)CC[C@@H](NS(=O)(=O)c1ccccc1)C(=O)O. The molecule has 19 heavy (non-hydrogen) atoms. The van der Waals surface area contributed by atoms with E-state index in [1.54, 1.807) is 6.07 Å². The van der Waals surface area contributed by atoms with Gasteiger partial charge in [-0.1, -0.05) is 18.2 Å². The van der Waals surface area contributed by atoms with Gasteiger partial charge in [0, 0.05) is 6.42 Å². The molecule has 7 nitrogen and oxygen atoms in total. The maximum Gasteiger partial charge on any atom is 0.321 e. The zero-order valence-electron chi connectivity index (χ0n) is 9.81. The molecule has 1 rings (SSSR count). The number of carboxylic acids is 2. The molecule has 1 atom stereocenters. The third kappa shape index (κ3) is 4.68. The molecule has 0 spiro atoms. The lowest BCUT2D eigenvalue weighted by Gasteiger charge is -2.13. The van der Waals surface area contributed by atoms with Crippen LogP contribution in [-0.4, -0.2) is 36.6 Å². The molecule has 0 radical (unpaired) electrons. The fourth-order valence-corrected chi connectivity index (χ4v) is 2.60. The second-order valence-corrected chi connectivity index (χ2v) is 5.47. The molecule has 8 heteroatoms. The van der Waals surface area contributed by atoms with Gasteiger partial charge in [0.05, 0.1) is 4.90 Å². The molecule has 0 aliphatic rings. The Labute approximate surface area is 109 Å². The summed E-state index contributed by atoms with van der Waals surface area (Å²) in [5.74, 6) is -2.61. The lowest BCUT2D eigenvalue weighted by molar-refractivity contribution is -0.140. The molecule has 0 heterocycles. The molecule has 104 valence electrons. The van der Waals surface area contributed by atoms with Crippen LogP contribution >= 0.6 is 0 Å². The Hall–Kier alpha value is -1.93. The number of hydrogen-bond acceptors (Lipinski definition) is 4. The Balaban J connectivity index is 2.84. The summed E-state index contributed by atoms with van der Waals surface area (Å²) in [6, 6.07) is 5.79. The number of carbonyl (C=O) groups is 2. The Morgan fingerprint density at radius 1 is 1.16 bits per heavy atom. The summed E-state index contributed by atoms with van der Waals surface area (Å²) in [5, 5.41) is 17.4. The van der Waals surface area contributed by atoms with Crippen LogP contribution in [0.4, 0.5) is 0 Å². The molecular formula is C11H13NO6S. The van der Waals surface area contributed by atoms with Crippen molar-refractivity contribution >= 4 is 22.0 Å². The third-order valence-corrected chi connectivity index (χ3v) is 3.78. The minimum atomic E-state index is -3.98. The Kier molecular flexibility index (Phi) is 5.02. The molecular weight excluding hydrogens is 274 g/mol. The van der Waals surface area contributed by atoms with Crippen LogP contribution in [0.3, 0.4) is 0 Å². The molecule has 0 unspecified atom stereocenters. The number of hydrogen-bond donors (Lipinski definition) is 3. The number of sulfonamides is 1. The van der Waals surface area contributed by atoms with E-state index in [2.05, 4.69) is 0 Å². The van der Waals surface area contributed by atoms with Crippen molar-refractivity contribution in [1.29, 1.82) is 0 Å². The lowest BCUT2D eigenvalue weighted by atomic mass is 10.2. The van der Waals surface area contributed by atoms with Crippen LogP contribution in [0.1, 0.15) is 12.8 Å². The summed E-state index contributed by atoms with van der Waals surface area (Å²) in [5.41, 5.74) is 0. The summed E-state index contributed by atoms with van der Waals surface area (Å²) in [7, 11) is -3.98. The van der Waals surface area contributed by atoms with Crippen LogP contribution in [0.25, 0.3) is 0 Å². The van der Waals surface area contributed by atoms with Gasteiger partial charge in [-0.25, -0.2) is 8.42 Å². The number of nitrogens with one attached hydrogen (secondary N) is 1. The summed E-state index contributed by atoms with van der Waals surface area (Å²) >= 11 is 0. The van der Waals surface area contributed by atoms with Gasteiger partial charge in [0.2, 0.25) is 10.0 Å². The highest BCUT2D eigenvalue weighted by atomic mass is 32.2. The molecule has 0 aliphatic carbocycles. The van der Waals surface area contributed by atoms with E-state index in [-0.39, 0.29) is 11.3 Å². The molecule has 0 amide bonds. The second-order valence-electron chi connectivity index (χ2n) is 3.76. The maximum absolute atomic E-state index is 11.9. The van der Waals surface area contributed by atoms with Gasteiger partial charge in [0.1, 0.15) is 6.04 Å². The van der Waals surface area contributed by atoms with Crippen molar-refractivity contribution in [3.05, 3.63) is 30.3 Å². The van der Waals surface area contributed by atoms with E-state index in [1.165, 1.54) is 24.3 Å². The van der Waals surface area contributed by atoms with Gasteiger partial charge in [-0.3, -0.25) is 9.59 Å². The van der Waals surface area contributed by atoms with E-state index in [0.717, 1.165) is 0 Å². The topological polar surface area (TPSA) is 121 Å². The van der Waals surface area contributed by atoms with Crippen molar-refractivity contribution < 1.29 is 28.2 Å². The summed E-state index contributed by atoms with van der Waals surface area (Å²) < 4.78 is 25.7. The van der Waals surface area contributed by atoms with E-state index in [4.69, 9.17) is 10.2 Å². The van der Waals surface area contributed by atoms with Gasteiger partial charge in [-0.05, 0) is 18.6 Å². The Bertz CT molecular complexity index is 554. The standard InChI is InChI=1S/C11H13NO6S/c13-10(14)7-6-9(11(15)16)12-19(17,18)8-4-2-1-3-5-8/h1-5,9,12H,6-7H2,(H,13,14)(H,15,16)/t9-/m1/s1. The van der Waals surface area contributed by atoms with Crippen LogP contribution in [0.5, 0.6) is 0 Å². The predicted molar refractivity (Wildman–Crippen MR) is 65.1 cm³/mol. The first kappa shape index (κ1) is 15.1. The van der Waals surface area contributed by atoms with E-state index < -0.39 is 34.4 Å². The predicted octanol–water partition coefficient (Wildman–Crippen LogP) is 0.283. The Morgan fingerprint density at radius 3 is 2.21 bits per heavy atom. The first-order valence-corrected chi connectivity index (χ1v) is 6.83. The summed E-state index contributed by atoms with van der Waals surface area (Å²) in [4.78, 5) is 21.2. The van der Waals surface area contributed by atoms with Crippen molar-refractivity contribution in [2.45, 2.75) is 23.8 Å². The molecule has 0 saturated heterocycles. The van der Waals surface area contributed by atoms with Crippen LogP contribution in [0.15, 0.2) is 35.2 Å². The van der Waals surface area contributed by atoms with Gasteiger partial charge in [-0.2, -0.15) is 4.72 Å². The fraction of sp³-hybridized carbons (Fsp3) is 0.273. The van der Waals surface area contributed by atoms with Crippen molar-refractivity contribution in [1.82, 2.24) is 4.72 Å². The van der Waals surface area contributed by atoms with E-state index in [0.29, 0.717) is 0 Å². The number of carboxylic acid groups (broad SMARTS) is 2. The quantitative estimate of drug-likeness (QED) is 0.662. The summed E-state index contributed by atoms with van der Waals surface area (Å²) in [6.45, 7) is 0. The number of benzene rings is 1. The number of aliphatic carboxylic acids is 2. The largest absolute Gasteiger partial charge is 0.481 e. The van der Waals surface area contributed by atoms with E-state index >= 15 is 0 Å². The molecule has 0 saturated carbocycles. The highest BCUT2D eigenvalue weighted by molar-refractivity contribution is 7.89. The van der Waals surface area contributed by atoms with Crippen LogP contribution < -0.4 is 4.72 Å². The lowest BCUT2D eigenvalue weighted by Crippen LogP contribution is -2.41. The third-order valence-electron chi connectivity index (χ3n) is 2.30.